The van der Waals surface area contributed by atoms with Crippen LogP contribution >= 0.6 is 0 Å². The lowest BCUT2D eigenvalue weighted by Gasteiger charge is -2.21. The lowest BCUT2D eigenvalue weighted by molar-refractivity contribution is -0.146. The van der Waals surface area contributed by atoms with Crippen molar-refractivity contribution in [3.05, 3.63) is 35.1 Å². The maximum absolute atomic E-state index is 13.1. The fourth-order valence-corrected chi connectivity index (χ4v) is 1.54. The number of hydrogen-bond acceptors (Lipinski definition) is 2. The quantitative estimate of drug-likeness (QED) is 0.678. The second-order valence-corrected chi connectivity index (χ2v) is 3.75. The van der Waals surface area contributed by atoms with Gasteiger partial charge in [-0.1, -0.05) is 6.07 Å². The molecule has 0 aromatic heterocycles. The fourth-order valence-electron chi connectivity index (χ4n) is 1.54. The van der Waals surface area contributed by atoms with Crippen LogP contribution in [0.5, 0.6) is 0 Å². The summed E-state index contributed by atoms with van der Waals surface area (Å²) in [4.78, 5) is 22.2. The molecule has 0 aliphatic heterocycles. The summed E-state index contributed by atoms with van der Waals surface area (Å²) >= 11 is 0. The number of halogens is 4. The Balaban J connectivity index is 3.34. The van der Waals surface area contributed by atoms with Crippen LogP contribution in [0.15, 0.2) is 18.2 Å². The van der Waals surface area contributed by atoms with Gasteiger partial charge in [-0.25, -0.2) is 9.18 Å². The Morgan fingerprint density at radius 2 is 2.00 bits per heavy atom. The second-order valence-electron chi connectivity index (χ2n) is 3.75. The first kappa shape index (κ1) is 14.9. The molecule has 104 valence electrons. The smallest absolute Gasteiger partial charge is 0.419 e. The van der Waals surface area contributed by atoms with E-state index in [2.05, 4.69) is 0 Å². The molecule has 19 heavy (non-hydrogen) atoms. The van der Waals surface area contributed by atoms with E-state index in [0.717, 1.165) is 13.1 Å². The third-order valence-corrected chi connectivity index (χ3v) is 2.42. The molecule has 0 bridgehead atoms. The molecule has 1 amide bonds. The lowest BCUT2D eigenvalue weighted by Crippen LogP contribution is -2.30. The monoisotopic (exact) mass is 279 g/mol. The molecule has 0 saturated heterocycles. The highest BCUT2D eigenvalue weighted by molar-refractivity contribution is 5.78. The van der Waals surface area contributed by atoms with Crippen LogP contribution in [0, 0.1) is 5.82 Å². The van der Waals surface area contributed by atoms with E-state index >= 15 is 0 Å². The molecule has 4 nitrogen and oxygen atoms in total. The van der Waals surface area contributed by atoms with Gasteiger partial charge in [-0.3, -0.25) is 4.79 Å². The molecule has 0 radical (unpaired) electrons. The Bertz CT molecular complexity index is 501. The van der Waals surface area contributed by atoms with Gasteiger partial charge < -0.3 is 10.0 Å². The fraction of sp³-hybridized carbons (Fsp3) is 0.273. The van der Waals surface area contributed by atoms with E-state index in [4.69, 9.17) is 5.11 Å². The second kappa shape index (κ2) is 5.25. The molecule has 0 spiro atoms. The maximum atomic E-state index is 13.1. The summed E-state index contributed by atoms with van der Waals surface area (Å²) in [5.74, 6) is -3.02. The first-order chi connectivity index (χ1) is 8.68. The minimum absolute atomic E-state index is 0.162. The third-order valence-electron chi connectivity index (χ3n) is 2.42. The van der Waals surface area contributed by atoms with E-state index in [-0.39, 0.29) is 12.0 Å². The molecule has 1 aromatic rings. The number of likely N-dealkylation sites (N-methyl/N-ethyl adjacent to an activating group) is 1. The van der Waals surface area contributed by atoms with Crippen LogP contribution in [0.4, 0.5) is 17.6 Å². The van der Waals surface area contributed by atoms with Crippen molar-refractivity contribution in [1.82, 2.24) is 4.90 Å². The van der Waals surface area contributed by atoms with Crippen LogP contribution in [0.2, 0.25) is 0 Å². The van der Waals surface area contributed by atoms with Crippen molar-refractivity contribution in [3.63, 3.8) is 0 Å². The molecule has 1 atom stereocenters. The molecule has 1 aromatic carbocycles. The molecule has 1 unspecified atom stereocenters. The van der Waals surface area contributed by atoms with E-state index in [0.29, 0.717) is 17.0 Å². The van der Waals surface area contributed by atoms with E-state index in [9.17, 15) is 27.2 Å². The van der Waals surface area contributed by atoms with Crippen LogP contribution in [0.3, 0.4) is 0 Å². The molecule has 0 aliphatic rings. The number of carboxylic acids is 1. The van der Waals surface area contributed by atoms with Crippen molar-refractivity contribution in [1.29, 1.82) is 0 Å². The van der Waals surface area contributed by atoms with Gasteiger partial charge in [0, 0.05) is 7.05 Å². The van der Waals surface area contributed by atoms with Crippen molar-refractivity contribution < 1.29 is 32.3 Å². The lowest BCUT2D eigenvalue weighted by atomic mass is 10.0. The zero-order valence-electron chi connectivity index (χ0n) is 9.61. The largest absolute Gasteiger partial charge is 0.479 e. The number of aliphatic carboxylic acids is 1. The normalized spacial score (nSPS) is 12.9. The zero-order valence-corrected chi connectivity index (χ0v) is 9.61. The maximum Gasteiger partial charge on any atom is 0.419 e. The number of alkyl halides is 3. The molecule has 0 aliphatic carbocycles. The molecule has 1 N–H and O–H groups in total. The van der Waals surface area contributed by atoms with Gasteiger partial charge in [0.2, 0.25) is 6.41 Å². The Morgan fingerprint density at radius 3 is 2.42 bits per heavy atom. The van der Waals surface area contributed by atoms with Crippen LogP contribution in [0.25, 0.3) is 0 Å². The average Bonchev–Trinajstić information content (AvgIpc) is 2.29. The number of rotatable bonds is 4. The standard InChI is InChI=1S/C11H9F4NO3/c1-16(5-17)9(10(18)19)6-2-3-8(12)7(4-6)11(13,14)15/h2-5,9H,1H3,(H,18,19). The third kappa shape index (κ3) is 3.21. The Labute approximate surface area is 105 Å². The van der Waals surface area contributed by atoms with Gasteiger partial charge >= 0.3 is 12.1 Å². The number of carbonyl (C=O) groups excluding carboxylic acids is 1. The van der Waals surface area contributed by atoms with Crippen molar-refractivity contribution in [2.24, 2.45) is 0 Å². The minimum atomic E-state index is -4.94. The van der Waals surface area contributed by atoms with Crippen molar-refractivity contribution >= 4 is 12.4 Å². The van der Waals surface area contributed by atoms with E-state index in [1.807, 2.05) is 0 Å². The van der Waals surface area contributed by atoms with Crippen molar-refractivity contribution in [2.45, 2.75) is 12.2 Å². The number of nitrogens with zero attached hydrogens (tertiary/aromatic N) is 1. The van der Waals surface area contributed by atoms with Gasteiger partial charge in [-0.2, -0.15) is 13.2 Å². The molecule has 0 heterocycles. The van der Waals surface area contributed by atoms with Crippen molar-refractivity contribution in [2.75, 3.05) is 7.05 Å². The number of carbonyl (C=O) groups is 2. The van der Waals surface area contributed by atoms with Gasteiger partial charge in [0.25, 0.3) is 0 Å². The van der Waals surface area contributed by atoms with Crippen LogP contribution in [-0.2, 0) is 15.8 Å². The highest BCUT2D eigenvalue weighted by Gasteiger charge is 2.36. The molecular weight excluding hydrogens is 270 g/mol. The van der Waals surface area contributed by atoms with Gasteiger partial charge in [-0.05, 0) is 17.7 Å². The Hall–Kier alpha value is -2.12. The number of carboxylic acid groups (broad SMARTS) is 1. The predicted molar refractivity (Wildman–Crippen MR) is 55.6 cm³/mol. The number of hydrogen-bond donors (Lipinski definition) is 1. The van der Waals surface area contributed by atoms with Crippen molar-refractivity contribution in [3.8, 4) is 0 Å². The molecule has 0 fully saturated rings. The summed E-state index contributed by atoms with van der Waals surface area (Å²) in [6.07, 6.45) is -4.78. The number of amides is 1. The first-order valence-corrected chi connectivity index (χ1v) is 4.95. The minimum Gasteiger partial charge on any atom is -0.479 e. The van der Waals surface area contributed by atoms with Gasteiger partial charge in [-0.15, -0.1) is 0 Å². The van der Waals surface area contributed by atoms with Gasteiger partial charge in [0.15, 0.2) is 6.04 Å². The first-order valence-electron chi connectivity index (χ1n) is 4.95. The van der Waals surface area contributed by atoms with Crippen LogP contribution in [0.1, 0.15) is 17.2 Å². The highest BCUT2D eigenvalue weighted by atomic mass is 19.4. The summed E-state index contributed by atoms with van der Waals surface area (Å²) in [6, 6.07) is 0.184. The van der Waals surface area contributed by atoms with E-state index in [1.165, 1.54) is 0 Å². The predicted octanol–water partition coefficient (Wildman–Crippen LogP) is 2.06. The topological polar surface area (TPSA) is 57.6 Å². The summed E-state index contributed by atoms with van der Waals surface area (Å²) < 4.78 is 50.6. The highest BCUT2D eigenvalue weighted by Crippen LogP contribution is 2.33. The summed E-state index contributed by atoms with van der Waals surface area (Å²) in [7, 11) is 1.10. The molecule has 0 saturated carbocycles. The van der Waals surface area contributed by atoms with Gasteiger partial charge in [0.1, 0.15) is 5.82 Å². The van der Waals surface area contributed by atoms with Crippen LogP contribution < -0.4 is 0 Å². The average molecular weight is 279 g/mol. The molecule has 8 heteroatoms. The molecular formula is C11H9F4NO3. The summed E-state index contributed by atoms with van der Waals surface area (Å²) in [5.41, 5.74) is -1.91. The summed E-state index contributed by atoms with van der Waals surface area (Å²) in [6.45, 7) is 0. The Morgan fingerprint density at radius 1 is 1.42 bits per heavy atom. The van der Waals surface area contributed by atoms with Gasteiger partial charge in [0.05, 0.1) is 5.56 Å². The molecule has 1 rings (SSSR count). The van der Waals surface area contributed by atoms with Crippen LogP contribution in [-0.4, -0.2) is 29.4 Å². The van der Waals surface area contributed by atoms with E-state index < -0.39 is 29.6 Å². The SMILES string of the molecule is CN(C=O)C(C(=O)O)c1ccc(F)c(C(F)(F)F)c1. The summed E-state index contributed by atoms with van der Waals surface area (Å²) in [5, 5.41) is 8.92. The zero-order chi connectivity index (χ0) is 14.8. The van der Waals surface area contributed by atoms with E-state index in [1.54, 1.807) is 0 Å². The number of benzene rings is 1. The Kier molecular flexibility index (Phi) is 4.13.